The molecular weight excluding hydrogens is 176 g/mol. The second kappa shape index (κ2) is 4.69. The lowest BCUT2D eigenvalue weighted by molar-refractivity contribution is 0.370. The zero-order chi connectivity index (χ0) is 9.64. The number of epoxide rings is 1. The second-order valence-electron chi connectivity index (χ2n) is 3.11. The van der Waals surface area contributed by atoms with Crippen molar-refractivity contribution in [2.75, 3.05) is 13.2 Å². The van der Waals surface area contributed by atoms with Gasteiger partial charge in [-0.25, -0.2) is 0 Å². The van der Waals surface area contributed by atoms with Crippen LogP contribution in [-0.4, -0.2) is 19.3 Å². The zero-order valence-corrected chi connectivity index (χ0v) is 7.90. The first-order valence-corrected chi connectivity index (χ1v) is 4.70. The summed E-state index contributed by atoms with van der Waals surface area (Å²) in [5.74, 6) is 6.84. The number of hydrogen-bond acceptors (Lipinski definition) is 2. The average molecular weight is 188 g/mol. The SMILES string of the molecule is C(#CC[C@@H]1CO1)COc1ccccc1. The fourth-order valence-electron chi connectivity index (χ4n) is 1.06. The number of para-hydroxylation sites is 1. The molecule has 0 spiro atoms. The quantitative estimate of drug-likeness (QED) is 0.533. The molecule has 1 fully saturated rings. The lowest BCUT2D eigenvalue weighted by atomic mass is 10.3. The van der Waals surface area contributed by atoms with Gasteiger partial charge >= 0.3 is 0 Å². The van der Waals surface area contributed by atoms with Gasteiger partial charge in [0.25, 0.3) is 0 Å². The predicted octanol–water partition coefficient (Wildman–Crippen LogP) is 1.86. The molecule has 72 valence electrons. The summed E-state index contributed by atoms with van der Waals surface area (Å²) in [6, 6.07) is 9.70. The molecule has 0 unspecified atom stereocenters. The fourth-order valence-corrected chi connectivity index (χ4v) is 1.06. The standard InChI is InChI=1S/C12H12O2/c1-2-6-11(7-3-1)13-9-5-4-8-12-10-14-12/h1-3,6-7,12H,8-10H2/t12-/m1/s1. The zero-order valence-electron chi connectivity index (χ0n) is 7.90. The lowest BCUT2D eigenvalue weighted by Gasteiger charge is -1.99. The first kappa shape index (κ1) is 9.11. The van der Waals surface area contributed by atoms with Crippen molar-refractivity contribution in [3.8, 4) is 17.6 Å². The molecule has 14 heavy (non-hydrogen) atoms. The molecule has 1 heterocycles. The van der Waals surface area contributed by atoms with Gasteiger partial charge in [-0.2, -0.15) is 0 Å². The van der Waals surface area contributed by atoms with Crippen molar-refractivity contribution in [1.29, 1.82) is 0 Å². The van der Waals surface area contributed by atoms with Crippen molar-refractivity contribution in [2.24, 2.45) is 0 Å². The van der Waals surface area contributed by atoms with Crippen molar-refractivity contribution in [2.45, 2.75) is 12.5 Å². The van der Waals surface area contributed by atoms with E-state index in [2.05, 4.69) is 11.8 Å². The minimum absolute atomic E-state index is 0.388. The van der Waals surface area contributed by atoms with E-state index in [4.69, 9.17) is 9.47 Å². The molecule has 2 heteroatoms. The van der Waals surface area contributed by atoms with Crippen molar-refractivity contribution in [3.63, 3.8) is 0 Å². The van der Waals surface area contributed by atoms with Gasteiger partial charge in [-0.3, -0.25) is 0 Å². The van der Waals surface area contributed by atoms with Gasteiger partial charge in [0.05, 0.1) is 12.7 Å². The molecule has 1 atom stereocenters. The molecule has 0 N–H and O–H groups in total. The Kier molecular flexibility index (Phi) is 3.05. The number of hydrogen-bond donors (Lipinski definition) is 0. The Balaban J connectivity index is 1.68. The van der Waals surface area contributed by atoms with Gasteiger partial charge in [0.15, 0.2) is 0 Å². The first-order valence-electron chi connectivity index (χ1n) is 4.70. The van der Waals surface area contributed by atoms with E-state index in [1.807, 2.05) is 30.3 Å². The maximum Gasteiger partial charge on any atom is 0.149 e. The van der Waals surface area contributed by atoms with Crippen LogP contribution in [0.3, 0.4) is 0 Å². The van der Waals surface area contributed by atoms with E-state index in [0.717, 1.165) is 18.8 Å². The summed E-state index contributed by atoms with van der Waals surface area (Å²) in [5, 5.41) is 0. The van der Waals surface area contributed by atoms with Crippen molar-refractivity contribution < 1.29 is 9.47 Å². The Bertz CT molecular complexity index is 330. The molecule has 0 saturated carbocycles. The summed E-state index contributed by atoms with van der Waals surface area (Å²) in [4.78, 5) is 0. The van der Waals surface area contributed by atoms with Crippen LogP contribution in [0, 0.1) is 11.8 Å². The summed E-state index contributed by atoms with van der Waals surface area (Å²) < 4.78 is 10.4. The molecule has 1 saturated heterocycles. The fraction of sp³-hybridized carbons (Fsp3) is 0.333. The molecule has 1 aliphatic heterocycles. The van der Waals surface area contributed by atoms with E-state index in [-0.39, 0.29) is 0 Å². The van der Waals surface area contributed by atoms with Gasteiger partial charge in [0, 0.05) is 6.42 Å². The minimum atomic E-state index is 0.388. The van der Waals surface area contributed by atoms with E-state index < -0.39 is 0 Å². The minimum Gasteiger partial charge on any atom is -0.481 e. The van der Waals surface area contributed by atoms with E-state index in [1.165, 1.54) is 0 Å². The van der Waals surface area contributed by atoms with E-state index in [1.54, 1.807) is 0 Å². The van der Waals surface area contributed by atoms with Crippen molar-refractivity contribution >= 4 is 0 Å². The van der Waals surface area contributed by atoms with E-state index >= 15 is 0 Å². The summed E-state index contributed by atoms with van der Waals surface area (Å²) in [5.41, 5.74) is 0. The average Bonchev–Trinajstić information content (AvgIpc) is 3.03. The molecular formula is C12H12O2. The Morgan fingerprint density at radius 3 is 2.79 bits per heavy atom. The van der Waals surface area contributed by atoms with Crippen LogP contribution in [0.25, 0.3) is 0 Å². The molecule has 2 nitrogen and oxygen atoms in total. The van der Waals surface area contributed by atoms with Crippen LogP contribution >= 0.6 is 0 Å². The molecule has 2 rings (SSSR count). The van der Waals surface area contributed by atoms with Gasteiger partial charge in [-0.1, -0.05) is 30.0 Å². The Morgan fingerprint density at radius 2 is 2.07 bits per heavy atom. The van der Waals surface area contributed by atoms with Crippen LogP contribution in [0.15, 0.2) is 30.3 Å². The van der Waals surface area contributed by atoms with Gasteiger partial charge in [-0.15, -0.1) is 0 Å². The molecule has 1 aliphatic rings. The van der Waals surface area contributed by atoms with Crippen LogP contribution < -0.4 is 4.74 Å². The number of benzene rings is 1. The molecule has 0 aliphatic carbocycles. The molecule has 1 aromatic carbocycles. The van der Waals surface area contributed by atoms with Crippen LogP contribution in [0.5, 0.6) is 5.75 Å². The predicted molar refractivity (Wildman–Crippen MR) is 54.1 cm³/mol. The van der Waals surface area contributed by atoms with Gasteiger partial charge in [0.1, 0.15) is 12.4 Å². The van der Waals surface area contributed by atoms with E-state index in [9.17, 15) is 0 Å². The van der Waals surface area contributed by atoms with E-state index in [0.29, 0.717) is 12.7 Å². The molecule has 0 bridgehead atoms. The third kappa shape index (κ3) is 3.12. The maximum atomic E-state index is 5.39. The maximum absolute atomic E-state index is 5.39. The molecule has 0 aromatic heterocycles. The normalized spacial score (nSPS) is 18.1. The van der Waals surface area contributed by atoms with Crippen LogP contribution in [0.2, 0.25) is 0 Å². The highest BCUT2D eigenvalue weighted by Gasteiger charge is 2.20. The lowest BCUT2D eigenvalue weighted by Crippen LogP contribution is -1.93. The summed E-state index contributed by atoms with van der Waals surface area (Å²) >= 11 is 0. The largest absolute Gasteiger partial charge is 0.481 e. The highest BCUT2D eigenvalue weighted by atomic mass is 16.6. The van der Waals surface area contributed by atoms with Gasteiger partial charge < -0.3 is 9.47 Å². The Labute approximate surface area is 83.8 Å². The third-order valence-electron chi connectivity index (χ3n) is 1.91. The third-order valence-corrected chi connectivity index (χ3v) is 1.91. The Morgan fingerprint density at radius 1 is 1.29 bits per heavy atom. The van der Waals surface area contributed by atoms with Crippen LogP contribution in [0.4, 0.5) is 0 Å². The smallest absolute Gasteiger partial charge is 0.149 e. The van der Waals surface area contributed by atoms with Gasteiger partial charge in [0.2, 0.25) is 0 Å². The topological polar surface area (TPSA) is 21.8 Å². The highest BCUT2D eigenvalue weighted by Crippen LogP contribution is 2.11. The Hall–Kier alpha value is -1.46. The van der Waals surface area contributed by atoms with Gasteiger partial charge in [-0.05, 0) is 12.1 Å². The first-order chi connectivity index (χ1) is 6.95. The van der Waals surface area contributed by atoms with Crippen LogP contribution in [-0.2, 0) is 4.74 Å². The summed E-state index contributed by atoms with van der Waals surface area (Å²) in [6.45, 7) is 1.32. The molecule has 0 amide bonds. The molecule has 0 radical (unpaired) electrons. The number of ether oxygens (including phenoxy) is 2. The second-order valence-corrected chi connectivity index (χ2v) is 3.11. The highest BCUT2D eigenvalue weighted by molar-refractivity contribution is 5.21. The molecule has 1 aromatic rings. The summed E-state index contributed by atoms with van der Waals surface area (Å²) in [7, 11) is 0. The van der Waals surface area contributed by atoms with Crippen molar-refractivity contribution in [3.05, 3.63) is 30.3 Å². The number of rotatable bonds is 3. The monoisotopic (exact) mass is 188 g/mol. The summed E-state index contributed by atoms with van der Waals surface area (Å²) in [6.07, 6.45) is 1.22. The van der Waals surface area contributed by atoms with Crippen molar-refractivity contribution in [1.82, 2.24) is 0 Å². The van der Waals surface area contributed by atoms with Crippen LogP contribution in [0.1, 0.15) is 6.42 Å².